The Morgan fingerprint density at radius 1 is 1.44 bits per heavy atom. The molecule has 0 aromatic heterocycles. The Morgan fingerprint density at radius 2 is 2.11 bits per heavy atom. The molecule has 3 N–H and O–H groups in total. The maximum absolute atomic E-state index is 12.0. The minimum atomic E-state index is -0.907. The van der Waals surface area contributed by atoms with Crippen molar-refractivity contribution in [1.29, 1.82) is 0 Å². The van der Waals surface area contributed by atoms with Crippen molar-refractivity contribution in [2.75, 3.05) is 43.3 Å². The van der Waals surface area contributed by atoms with Crippen molar-refractivity contribution in [2.24, 2.45) is 0 Å². The predicted octanol–water partition coefficient (Wildman–Crippen LogP) is 0.443. The molecule has 5 nitrogen and oxygen atoms in total. The number of nitrogens with zero attached hydrogens (tertiary/aromatic N) is 1. The van der Waals surface area contributed by atoms with Crippen molar-refractivity contribution in [2.45, 2.75) is 0 Å². The van der Waals surface area contributed by atoms with Crippen LogP contribution in [0.4, 0.5) is 11.4 Å². The molecule has 1 atom stereocenters. The SMILES string of the molecule is CN(C)c1ccc(N)cc1C(=O)NCCS(C)=O. The standard InChI is InChI=1S/C12H19N3O2S/c1-15(2)11-5-4-9(13)8-10(11)12(16)14-6-7-18(3)17/h4-5,8H,6-7,13H2,1-3H3,(H,14,16). The van der Waals surface area contributed by atoms with E-state index in [9.17, 15) is 9.00 Å². The fraction of sp³-hybridized carbons (Fsp3) is 0.417. The minimum Gasteiger partial charge on any atom is -0.399 e. The summed E-state index contributed by atoms with van der Waals surface area (Å²) < 4.78 is 10.9. The molecule has 18 heavy (non-hydrogen) atoms. The fourth-order valence-corrected chi connectivity index (χ4v) is 1.92. The average Bonchev–Trinajstić information content (AvgIpc) is 2.27. The fourth-order valence-electron chi connectivity index (χ4n) is 1.53. The number of amides is 1. The van der Waals surface area contributed by atoms with Crippen LogP contribution in [-0.4, -0.2) is 42.8 Å². The lowest BCUT2D eigenvalue weighted by Crippen LogP contribution is -2.29. The van der Waals surface area contributed by atoms with Crippen LogP contribution in [0.5, 0.6) is 0 Å². The van der Waals surface area contributed by atoms with Gasteiger partial charge in [-0.15, -0.1) is 0 Å². The summed E-state index contributed by atoms with van der Waals surface area (Å²) in [6, 6.07) is 5.21. The van der Waals surface area contributed by atoms with Crippen LogP contribution in [0.3, 0.4) is 0 Å². The van der Waals surface area contributed by atoms with E-state index < -0.39 is 10.8 Å². The van der Waals surface area contributed by atoms with Gasteiger partial charge in [-0.2, -0.15) is 0 Å². The molecule has 1 aromatic rings. The molecule has 1 aromatic carbocycles. The van der Waals surface area contributed by atoms with E-state index in [1.165, 1.54) is 0 Å². The second-order valence-electron chi connectivity index (χ2n) is 4.20. The number of hydrogen-bond donors (Lipinski definition) is 2. The van der Waals surface area contributed by atoms with Gasteiger partial charge in [-0.3, -0.25) is 9.00 Å². The summed E-state index contributed by atoms with van der Waals surface area (Å²) in [7, 11) is 2.82. The van der Waals surface area contributed by atoms with Crippen molar-refractivity contribution < 1.29 is 9.00 Å². The van der Waals surface area contributed by atoms with Gasteiger partial charge in [-0.1, -0.05) is 0 Å². The summed E-state index contributed by atoms with van der Waals surface area (Å²) in [5.41, 5.74) is 7.58. The molecule has 100 valence electrons. The molecule has 0 saturated heterocycles. The molecular weight excluding hydrogens is 250 g/mol. The lowest BCUT2D eigenvalue weighted by atomic mass is 10.1. The smallest absolute Gasteiger partial charge is 0.253 e. The first kappa shape index (κ1) is 14.5. The zero-order valence-corrected chi connectivity index (χ0v) is 11.7. The summed E-state index contributed by atoms with van der Waals surface area (Å²) >= 11 is 0. The van der Waals surface area contributed by atoms with Gasteiger partial charge in [0.15, 0.2) is 0 Å². The Morgan fingerprint density at radius 3 is 2.67 bits per heavy atom. The van der Waals surface area contributed by atoms with Gasteiger partial charge in [-0.05, 0) is 18.2 Å². The van der Waals surface area contributed by atoms with Gasteiger partial charge >= 0.3 is 0 Å². The maximum atomic E-state index is 12.0. The summed E-state index contributed by atoms with van der Waals surface area (Å²) in [4.78, 5) is 13.9. The first-order chi connectivity index (χ1) is 8.41. The van der Waals surface area contributed by atoms with Crippen LogP contribution in [-0.2, 0) is 10.8 Å². The number of carbonyl (C=O) groups is 1. The molecule has 0 bridgehead atoms. The van der Waals surface area contributed by atoms with Crippen LogP contribution in [0.1, 0.15) is 10.4 Å². The lowest BCUT2D eigenvalue weighted by Gasteiger charge is -2.17. The Labute approximate surface area is 110 Å². The van der Waals surface area contributed by atoms with E-state index in [1.807, 2.05) is 25.1 Å². The van der Waals surface area contributed by atoms with E-state index in [2.05, 4.69) is 5.32 Å². The largest absolute Gasteiger partial charge is 0.399 e. The normalized spacial score (nSPS) is 11.9. The van der Waals surface area contributed by atoms with Gasteiger partial charge in [-0.25, -0.2) is 0 Å². The Kier molecular flexibility index (Phi) is 5.15. The Hall–Kier alpha value is -1.56. The molecule has 0 heterocycles. The highest BCUT2D eigenvalue weighted by Crippen LogP contribution is 2.21. The summed E-state index contributed by atoms with van der Waals surface area (Å²) in [5, 5.41) is 2.74. The third-order valence-corrected chi connectivity index (χ3v) is 3.20. The van der Waals surface area contributed by atoms with Crippen molar-refractivity contribution in [3.8, 4) is 0 Å². The molecule has 0 aliphatic rings. The van der Waals surface area contributed by atoms with Crippen LogP contribution < -0.4 is 16.0 Å². The third-order valence-electron chi connectivity index (χ3n) is 2.42. The molecule has 0 aliphatic heterocycles. The van der Waals surface area contributed by atoms with Crippen molar-refractivity contribution in [3.05, 3.63) is 23.8 Å². The average molecular weight is 269 g/mol. The maximum Gasteiger partial charge on any atom is 0.253 e. The van der Waals surface area contributed by atoms with E-state index in [0.29, 0.717) is 23.5 Å². The number of nitrogens with two attached hydrogens (primary N) is 1. The number of rotatable bonds is 5. The van der Waals surface area contributed by atoms with Crippen LogP contribution >= 0.6 is 0 Å². The number of anilines is 2. The topological polar surface area (TPSA) is 75.4 Å². The quantitative estimate of drug-likeness (QED) is 0.761. The molecule has 0 fully saturated rings. The number of hydrogen-bond acceptors (Lipinski definition) is 4. The van der Waals surface area contributed by atoms with Gasteiger partial charge in [0.2, 0.25) is 0 Å². The van der Waals surface area contributed by atoms with Crippen LogP contribution in [0.15, 0.2) is 18.2 Å². The van der Waals surface area contributed by atoms with Gasteiger partial charge in [0.1, 0.15) is 0 Å². The Balaban J connectivity index is 2.83. The predicted molar refractivity (Wildman–Crippen MR) is 76.4 cm³/mol. The molecule has 6 heteroatoms. The highest BCUT2D eigenvalue weighted by molar-refractivity contribution is 7.84. The molecule has 0 aliphatic carbocycles. The first-order valence-electron chi connectivity index (χ1n) is 5.57. The zero-order valence-electron chi connectivity index (χ0n) is 10.9. The highest BCUT2D eigenvalue weighted by Gasteiger charge is 2.12. The first-order valence-corrected chi connectivity index (χ1v) is 7.29. The molecule has 1 rings (SSSR count). The number of carbonyl (C=O) groups excluding carboxylic acids is 1. The van der Waals surface area contributed by atoms with Crippen molar-refractivity contribution in [3.63, 3.8) is 0 Å². The molecule has 0 radical (unpaired) electrons. The van der Waals surface area contributed by atoms with Gasteiger partial charge < -0.3 is 16.0 Å². The molecular formula is C12H19N3O2S. The zero-order chi connectivity index (χ0) is 13.7. The van der Waals surface area contributed by atoms with E-state index in [4.69, 9.17) is 5.73 Å². The van der Waals surface area contributed by atoms with Gasteiger partial charge in [0.05, 0.1) is 5.56 Å². The van der Waals surface area contributed by atoms with Crippen LogP contribution in [0.25, 0.3) is 0 Å². The van der Waals surface area contributed by atoms with Crippen molar-refractivity contribution >= 4 is 28.1 Å². The lowest BCUT2D eigenvalue weighted by molar-refractivity contribution is 0.0956. The van der Waals surface area contributed by atoms with Gasteiger partial charge in [0, 0.05) is 54.8 Å². The molecule has 1 unspecified atom stereocenters. The monoisotopic (exact) mass is 269 g/mol. The molecule has 0 spiro atoms. The van der Waals surface area contributed by atoms with E-state index >= 15 is 0 Å². The third kappa shape index (κ3) is 4.03. The van der Waals surface area contributed by atoms with Crippen LogP contribution in [0, 0.1) is 0 Å². The Bertz CT molecular complexity index is 461. The van der Waals surface area contributed by atoms with E-state index in [0.717, 1.165) is 5.69 Å². The van der Waals surface area contributed by atoms with Crippen LogP contribution in [0.2, 0.25) is 0 Å². The van der Waals surface area contributed by atoms with E-state index in [1.54, 1.807) is 18.4 Å². The number of nitrogen functional groups attached to an aromatic ring is 1. The number of nitrogens with one attached hydrogen (secondary N) is 1. The number of benzene rings is 1. The summed E-state index contributed by atoms with van der Waals surface area (Å²) in [6.07, 6.45) is 1.61. The summed E-state index contributed by atoms with van der Waals surface area (Å²) in [6.45, 7) is 0.392. The molecule has 1 amide bonds. The second kappa shape index (κ2) is 6.39. The highest BCUT2D eigenvalue weighted by atomic mass is 32.2. The second-order valence-corrected chi connectivity index (χ2v) is 5.76. The van der Waals surface area contributed by atoms with Crippen molar-refractivity contribution in [1.82, 2.24) is 5.32 Å². The molecule has 0 saturated carbocycles. The van der Waals surface area contributed by atoms with E-state index in [-0.39, 0.29) is 5.91 Å². The minimum absolute atomic E-state index is 0.198. The van der Waals surface area contributed by atoms with Gasteiger partial charge in [0.25, 0.3) is 5.91 Å². The summed E-state index contributed by atoms with van der Waals surface area (Å²) in [5.74, 6) is 0.252.